The summed E-state index contributed by atoms with van der Waals surface area (Å²) in [6.45, 7) is 11.1. The van der Waals surface area contributed by atoms with Gasteiger partial charge in [0.2, 0.25) is 0 Å². The van der Waals surface area contributed by atoms with E-state index in [-0.39, 0.29) is 0 Å². The molecule has 0 spiro atoms. The fraction of sp³-hybridized carbons (Fsp3) is 0.517. The summed E-state index contributed by atoms with van der Waals surface area (Å²) in [5.74, 6) is 2.24. The summed E-state index contributed by atoms with van der Waals surface area (Å²) < 4.78 is 0. The molecule has 0 unspecified atom stereocenters. The van der Waals surface area contributed by atoms with Crippen LogP contribution in [0.15, 0.2) is 54.6 Å². The molecule has 0 amide bonds. The average molecular weight is 391 g/mol. The van der Waals surface area contributed by atoms with E-state index in [1.54, 1.807) is 0 Å². The van der Waals surface area contributed by atoms with E-state index in [1.165, 1.54) is 60.8 Å². The normalized spacial score (nSPS) is 15.0. The largest absolute Gasteiger partial charge is 0.0814 e. The Bertz CT molecular complexity index is 712. The zero-order valence-electron chi connectivity index (χ0n) is 19.5. The molecule has 3 rings (SSSR count). The summed E-state index contributed by atoms with van der Waals surface area (Å²) >= 11 is 0. The van der Waals surface area contributed by atoms with Crippen LogP contribution < -0.4 is 0 Å². The predicted molar refractivity (Wildman–Crippen MR) is 131 cm³/mol. The second-order valence-corrected chi connectivity index (χ2v) is 9.26. The first-order valence-electron chi connectivity index (χ1n) is 11.8. The topological polar surface area (TPSA) is 0 Å². The molecule has 1 aliphatic carbocycles. The van der Waals surface area contributed by atoms with Gasteiger partial charge >= 0.3 is 0 Å². The summed E-state index contributed by atoms with van der Waals surface area (Å²) in [7, 11) is 0. The Kier molecular flexibility index (Phi) is 10.3. The number of hydrogen-bond donors (Lipinski definition) is 0. The molecule has 0 heterocycles. The van der Waals surface area contributed by atoms with E-state index in [0.29, 0.717) is 11.8 Å². The van der Waals surface area contributed by atoms with Gasteiger partial charge in [-0.3, -0.25) is 0 Å². The molecule has 0 bridgehead atoms. The van der Waals surface area contributed by atoms with Crippen molar-refractivity contribution in [3.05, 3.63) is 76.9 Å². The average Bonchev–Trinajstić information content (AvgIpc) is 2.74. The van der Waals surface area contributed by atoms with Crippen molar-refractivity contribution < 1.29 is 0 Å². The van der Waals surface area contributed by atoms with Gasteiger partial charge in [-0.2, -0.15) is 0 Å². The number of benzene rings is 2. The molecule has 2 aromatic rings. The minimum Gasteiger partial charge on any atom is -0.0814 e. The van der Waals surface area contributed by atoms with Crippen molar-refractivity contribution in [3.8, 4) is 0 Å². The molecule has 1 fully saturated rings. The van der Waals surface area contributed by atoms with E-state index in [0.717, 1.165) is 12.3 Å². The van der Waals surface area contributed by atoms with Gasteiger partial charge in [0.1, 0.15) is 0 Å². The molecule has 0 saturated heterocycles. The Morgan fingerprint density at radius 3 is 2.10 bits per heavy atom. The van der Waals surface area contributed by atoms with Crippen LogP contribution in [0.2, 0.25) is 0 Å². The Hall–Kier alpha value is -1.82. The standard InChI is InChI=1S/C16H24.C13H18/c1-13(2)16-10-8-15(9-11-16)12-14-6-4-3-5-7-14;1-4-12-7-5-6-8-13(12)10-9-11(2)3/h8-11,13-14H,3-7,12H2,1-2H3;5-11H,4H2,1-3H3/b;10-9+. The van der Waals surface area contributed by atoms with Gasteiger partial charge in [-0.15, -0.1) is 0 Å². The fourth-order valence-electron chi connectivity index (χ4n) is 4.08. The number of aryl methyl sites for hydroxylation is 1. The van der Waals surface area contributed by atoms with Crippen molar-refractivity contribution in [1.29, 1.82) is 0 Å². The smallest absolute Gasteiger partial charge is 0.0219 e. The van der Waals surface area contributed by atoms with Crippen molar-refractivity contribution in [2.75, 3.05) is 0 Å². The zero-order chi connectivity index (χ0) is 21.1. The van der Waals surface area contributed by atoms with Crippen molar-refractivity contribution in [3.63, 3.8) is 0 Å². The highest BCUT2D eigenvalue weighted by Crippen LogP contribution is 2.27. The van der Waals surface area contributed by atoms with Crippen LogP contribution in [0.25, 0.3) is 6.08 Å². The van der Waals surface area contributed by atoms with Gasteiger partial charge in [-0.05, 0) is 52.8 Å². The van der Waals surface area contributed by atoms with Gasteiger partial charge < -0.3 is 0 Å². The molecule has 2 aromatic carbocycles. The molecule has 0 aliphatic heterocycles. The molecule has 1 aliphatic rings. The lowest BCUT2D eigenvalue weighted by Crippen LogP contribution is -2.09. The van der Waals surface area contributed by atoms with Crippen LogP contribution in [0.4, 0.5) is 0 Å². The minimum absolute atomic E-state index is 0.630. The van der Waals surface area contributed by atoms with Gasteiger partial charge in [0.15, 0.2) is 0 Å². The highest BCUT2D eigenvalue weighted by Gasteiger charge is 2.13. The zero-order valence-corrected chi connectivity index (χ0v) is 19.5. The van der Waals surface area contributed by atoms with Gasteiger partial charge in [0.25, 0.3) is 0 Å². The molecular weight excluding hydrogens is 348 g/mol. The molecule has 0 heteroatoms. The second-order valence-electron chi connectivity index (χ2n) is 9.26. The molecule has 0 radical (unpaired) electrons. The Morgan fingerprint density at radius 1 is 0.862 bits per heavy atom. The van der Waals surface area contributed by atoms with E-state index in [2.05, 4.69) is 95.3 Å². The van der Waals surface area contributed by atoms with E-state index in [4.69, 9.17) is 0 Å². The van der Waals surface area contributed by atoms with Crippen LogP contribution in [0.1, 0.15) is 94.9 Å². The maximum absolute atomic E-state index is 2.34. The van der Waals surface area contributed by atoms with Crippen LogP contribution in [0.5, 0.6) is 0 Å². The van der Waals surface area contributed by atoms with Crippen molar-refractivity contribution in [1.82, 2.24) is 0 Å². The highest BCUT2D eigenvalue weighted by molar-refractivity contribution is 5.53. The van der Waals surface area contributed by atoms with Crippen LogP contribution in [-0.4, -0.2) is 0 Å². The van der Waals surface area contributed by atoms with Gasteiger partial charge in [-0.25, -0.2) is 0 Å². The first-order valence-corrected chi connectivity index (χ1v) is 11.8. The fourth-order valence-corrected chi connectivity index (χ4v) is 4.08. The van der Waals surface area contributed by atoms with Crippen LogP contribution in [-0.2, 0) is 12.8 Å². The van der Waals surface area contributed by atoms with Gasteiger partial charge in [-0.1, -0.05) is 127 Å². The van der Waals surface area contributed by atoms with E-state index < -0.39 is 0 Å². The van der Waals surface area contributed by atoms with Gasteiger partial charge in [0, 0.05) is 0 Å². The third-order valence-electron chi connectivity index (χ3n) is 5.99. The van der Waals surface area contributed by atoms with Crippen LogP contribution >= 0.6 is 0 Å². The molecule has 158 valence electrons. The second kappa shape index (κ2) is 12.7. The monoisotopic (exact) mass is 390 g/mol. The number of rotatable bonds is 6. The lowest BCUT2D eigenvalue weighted by Gasteiger charge is -2.21. The molecule has 0 N–H and O–H groups in total. The lowest BCUT2D eigenvalue weighted by molar-refractivity contribution is 0.356. The molecule has 0 aromatic heterocycles. The van der Waals surface area contributed by atoms with Crippen molar-refractivity contribution in [2.45, 2.75) is 85.5 Å². The third-order valence-corrected chi connectivity index (χ3v) is 5.99. The SMILES string of the molecule is CC(C)c1ccc(CC2CCCCC2)cc1.CCc1ccccc1/C=C/C(C)C. The Balaban J connectivity index is 0.000000212. The van der Waals surface area contributed by atoms with Crippen LogP contribution in [0.3, 0.4) is 0 Å². The lowest BCUT2D eigenvalue weighted by atomic mass is 9.84. The first kappa shape index (κ1) is 23.5. The van der Waals surface area contributed by atoms with Gasteiger partial charge in [0.05, 0.1) is 0 Å². The highest BCUT2D eigenvalue weighted by atomic mass is 14.2. The molecule has 1 saturated carbocycles. The molecule has 29 heavy (non-hydrogen) atoms. The Morgan fingerprint density at radius 2 is 1.52 bits per heavy atom. The third kappa shape index (κ3) is 8.60. The van der Waals surface area contributed by atoms with E-state index in [9.17, 15) is 0 Å². The maximum atomic E-state index is 2.34. The summed E-state index contributed by atoms with van der Waals surface area (Å²) in [5.41, 5.74) is 5.79. The van der Waals surface area contributed by atoms with E-state index in [1.807, 2.05) is 0 Å². The minimum atomic E-state index is 0.630. The Labute approximate surface area is 180 Å². The quantitative estimate of drug-likeness (QED) is 0.462. The summed E-state index contributed by atoms with van der Waals surface area (Å²) in [4.78, 5) is 0. The van der Waals surface area contributed by atoms with E-state index >= 15 is 0 Å². The van der Waals surface area contributed by atoms with Crippen LogP contribution in [0, 0.1) is 11.8 Å². The number of allylic oxidation sites excluding steroid dienone is 1. The molecule has 0 atom stereocenters. The predicted octanol–water partition coefficient (Wildman–Crippen LogP) is 8.85. The summed E-state index contributed by atoms with van der Waals surface area (Å²) in [6, 6.07) is 17.9. The van der Waals surface area contributed by atoms with Crippen molar-refractivity contribution >= 4 is 6.08 Å². The first-order chi connectivity index (χ1) is 14.0. The maximum Gasteiger partial charge on any atom is -0.0219 e. The number of hydrogen-bond acceptors (Lipinski definition) is 0. The van der Waals surface area contributed by atoms with Crippen molar-refractivity contribution in [2.24, 2.45) is 11.8 Å². The molecular formula is C29H42. The summed E-state index contributed by atoms with van der Waals surface area (Å²) in [6.07, 6.45) is 14.2. The summed E-state index contributed by atoms with van der Waals surface area (Å²) in [5, 5.41) is 0. The molecule has 0 nitrogen and oxygen atoms in total.